The third kappa shape index (κ3) is 5.11. The van der Waals surface area contributed by atoms with Gasteiger partial charge in [-0.15, -0.1) is 0 Å². The van der Waals surface area contributed by atoms with Gasteiger partial charge >= 0.3 is 12.1 Å². The number of benzene rings is 3. The average Bonchev–Trinajstić information content (AvgIpc) is 3.21. The first kappa shape index (κ1) is 27.2. The van der Waals surface area contributed by atoms with Crippen LogP contribution in [0.5, 0.6) is 0 Å². The summed E-state index contributed by atoms with van der Waals surface area (Å²) in [5.74, 6) is -1.85. The zero-order valence-corrected chi connectivity index (χ0v) is 21.3. The third-order valence-electron chi connectivity index (χ3n) is 6.03. The van der Waals surface area contributed by atoms with Gasteiger partial charge in [0.15, 0.2) is 0 Å². The molecular formula is C27H25F3N2O5S. The maximum Gasteiger partial charge on any atom is 0.432 e. The number of rotatable bonds is 8. The van der Waals surface area contributed by atoms with Crippen LogP contribution in [0.2, 0.25) is 0 Å². The van der Waals surface area contributed by atoms with Crippen LogP contribution in [0.1, 0.15) is 23.6 Å². The van der Waals surface area contributed by atoms with Crippen LogP contribution in [-0.2, 0) is 31.7 Å². The molecule has 1 aromatic heterocycles. The molecule has 3 aromatic carbocycles. The minimum absolute atomic E-state index is 0.0114. The fraction of sp³-hybridized carbons (Fsp3) is 0.222. The molecule has 2 N–H and O–H groups in total. The quantitative estimate of drug-likeness (QED) is 0.299. The molecule has 0 saturated carbocycles. The number of fused-ring (bicyclic) bond motifs is 1. The number of anilines is 1. The monoisotopic (exact) mass is 546 g/mol. The summed E-state index contributed by atoms with van der Waals surface area (Å²) in [7, 11) is -4.00. The molecule has 1 atom stereocenters. The van der Waals surface area contributed by atoms with Gasteiger partial charge in [-0.25, -0.2) is 13.2 Å². The van der Waals surface area contributed by atoms with Gasteiger partial charge in [0.2, 0.25) is 0 Å². The minimum Gasteiger partial charge on any atom is -0.463 e. The zero-order valence-electron chi connectivity index (χ0n) is 20.5. The molecule has 4 rings (SSSR count). The number of carbonyl (C=O) groups excluding carboxylic acids is 1. The first-order valence-corrected chi connectivity index (χ1v) is 13.1. The van der Waals surface area contributed by atoms with Crippen molar-refractivity contribution in [1.82, 2.24) is 4.57 Å². The van der Waals surface area contributed by atoms with Crippen LogP contribution in [-0.4, -0.2) is 36.8 Å². The molecule has 0 fully saturated rings. The van der Waals surface area contributed by atoms with Gasteiger partial charge in [0, 0.05) is 23.7 Å². The van der Waals surface area contributed by atoms with Crippen LogP contribution in [0.15, 0.2) is 83.9 Å². The van der Waals surface area contributed by atoms with Crippen LogP contribution in [0, 0.1) is 6.92 Å². The van der Waals surface area contributed by atoms with E-state index < -0.39 is 33.3 Å². The number of aryl methyl sites for hydroxylation is 1. The summed E-state index contributed by atoms with van der Waals surface area (Å²) in [6, 6.07) is 18.8. The smallest absolute Gasteiger partial charge is 0.432 e. The Bertz CT molecular complexity index is 1570. The second kappa shape index (κ2) is 10.1. The van der Waals surface area contributed by atoms with Gasteiger partial charge in [-0.2, -0.15) is 13.2 Å². The van der Waals surface area contributed by atoms with Crippen LogP contribution in [0.3, 0.4) is 0 Å². The van der Waals surface area contributed by atoms with Gasteiger partial charge in [0.25, 0.3) is 15.6 Å². The summed E-state index contributed by atoms with van der Waals surface area (Å²) < 4.78 is 76.9. The number of halogens is 3. The van der Waals surface area contributed by atoms with Crippen molar-refractivity contribution in [1.29, 1.82) is 0 Å². The number of esters is 1. The lowest BCUT2D eigenvalue weighted by molar-refractivity contribution is -0.267. The van der Waals surface area contributed by atoms with Gasteiger partial charge < -0.3 is 14.4 Å². The average molecular weight is 547 g/mol. The summed E-state index contributed by atoms with van der Waals surface area (Å²) >= 11 is 0. The topological polar surface area (TPSA) is 97.6 Å². The van der Waals surface area contributed by atoms with Crippen molar-refractivity contribution in [2.45, 2.75) is 37.1 Å². The second-order valence-corrected chi connectivity index (χ2v) is 10.4. The molecule has 0 bridgehead atoms. The SMILES string of the molecule is CCOC(=O)C(O)(c1cn(Cc2ccccc2)c2cc(NS(=O)(=O)c3ccc(C)cc3)ccc12)C(F)(F)F. The molecule has 0 aliphatic rings. The largest absolute Gasteiger partial charge is 0.463 e. The zero-order chi connectivity index (χ0) is 27.7. The van der Waals surface area contributed by atoms with Crippen molar-refractivity contribution in [3.05, 3.63) is 95.7 Å². The van der Waals surface area contributed by atoms with E-state index in [4.69, 9.17) is 0 Å². The molecular weight excluding hydrogens is 521 g/mol. The number of hydrogen-bond donors (Lipinski definition) is 2. The number of aromatic nitrogens is 1. The fourth-order valence-electron chi connectivity index (χ4n) is 4.10. The molecule has 11 heteroatoms. The first-order chi connectivity index (χ1) is 17.9. The lowest BCUT2D eigenvalue weighted by atomic mass is 9.92. The maximum absolute atomic E-state index is 14.2. The van der Waals surface area contributed by atoms with Crippen molar-refractivity contribution in [2.75, 3.05) is 11.3 Å². The molecule has 7 nitrogen and oxygen atoms in total. The van der Waals surface area contributed by atoms with Gasteiger partial charge in [-0.05, 0) is 43.7 Å². The number of ether oxygens (including phenoxy) is 1. The van der Waals surface area contributed by atoms with Crippen LogP contribution >= 0.6 is 0 Å². The van der Waals surface area contributed by atoms with E-state index in [1.165, 1.54) is 41.8 Å². The fourth-order valence-corrected chi connectivity index (χ4v) is 5.15. The number of sulfonamides is 1. The maximum atomic E-state index is 14.2. The molecule has 38 heavy (non-hydrogen) atoms. The van der Waals surface area contributed by atoms with E-state index in [1.807, 2.05) is 6.92 Å². The molecule has 1 heterocycles. The van der Waals surface area contributed by atoms with Crippen LogP contribution in [0.4, 0.5) is 18.9 Å². The summed E-state index contributed by atoms with van der Waals surface area (Å²) in [5.41, 5.74) is -2.80. The molecule has 1 unspecified atom stereocenters. The minimum atomic E-state index is -5.39. The highest BCUT2D eigenvalue weighted by Gasteiger charge is 2.63. The van der Waals surface area contributed by atoms with E-state index in [2.05, 4.69) is 9.46 Å². The van der Waals surface area contributed by atoms with Crippen molar-refractivity contribution in [2.24, 2.45) is 0 Å². The highest BCUT2D eigenvalue weighted by atomic mass is 32.2. The Morgan fingerprint density at radius 2 is 1.68 bits per heavy atom. The lowest BCUT2D eigenvalue weighted by Crippen LogP contribution is -2.50. The Morgan fingerprint density at radius 1 is 1.03 bits per heavy atom. The van der Waals surface area contributed by atoms with Crippen molar-refractivity contribution >= 4 is 32.6 Å². The number of hydrogen-bond acceptors (Lipinski definition) is 5. The number of alkyl halides is 3. The van der Waals surface area contributed by atoms with E-state index in [0.29, 0.717) is 0 Å². The second-order valence-electron chi connectivity index (χ2n) is 8.74. The Morgan fingerprint density at radius 3 is 2.29 bits per heavy atom. The van der Waals surface area contributed by atoms with E-state index in [-0.39, 0.29) is 34.6 Å². The van der Waals surface area contributed by atoms with E-state index in [0.717, 1.165) is 17.3 Å². The Labute approximate surface area is 217 Å². The summed E-state index contributed by atoms with van der Waals surface area (Å²) in [5, 5.41) is 10.7. The summed E-state index contributed by atoms with van der Waals surface area (Å²) in [6.07, 6.45) is -4.35. The van der Waals surface area contributed by atoms with Gasteiger partial charge in [-0.1, -0.05) is 54.1 Å². The van der Waals surface area contributed by atoms with Crippen molar-refractivity contribution in [3.63, 3.8) is 0 Å². The molecule has 4 aromatic rings. The molecule has 0 aliphatic carbocycles. The Kier molecular flexibility index (Phi) is 7.26. The molecule has 0 spiro atoms. The normalized spacial score (nSPS) is 13.7. The van der Waals surface area contributed by atoms with Crippen molar-refractivity contribution < 1.29 is 36.2 Å². The predicted molar refractivity (Wildman–Crippen MR) is 136 cm³/mol. The van der Waals surface area contributed by atoms with Crippen molar-refractivity contribution in [3.8, 4) is 0 Å². The molecule has 0 amide bonds. The molecule has 0 radical (unpaired) electrons. The molecule has 0 aliphatic heterocycles. The Hall–Kier alpha value is -3.83. The number of nitrogens with one attached hydrogen (secondary N) is 1. The van der Waals surface area contributed by atoms with Gasteiger partial charge in [-0.3, -0.25) is 4.72 Å². The van der Waals surface area contributed by atoms with E-state index in [1.54, 1.807) is 42.5 Å². The van der Waals surface area contributed by atoms with Crippen LogP contribution in [0.25, 0.3) is 10.9 Å². The van der Waals surface area contributed by atoms with Gasteiger partial charge in [0.05, 0.1) is 22.7 Å². The lowest BCUT2D eigenvalue weighted by Gasteiger charge is -2.27. The Balaban J connectivity index is 1.87. The standard InChI is InChI=1S/C27H25F3N2O5S/c1-3-37-25(33)26(34,27(28,29)30)23-17-32(16-19-7-5-4-6-8-19)24-15-20(11-14-22(23)24)31-38(35,36)21-12-9-18(2)10-13-21/h4-15,17,31,34H,3,16H2,1-2H3. The molecule has 200 valence electrons. The van der Waals surface area contributed by atoms with E-state index >= 15 is 0 Å². The summed E-state index contributed by atoms with van der Waals surface area (Å²) in [4.78, 5) is 12.5. The third-order valence-corrected chi connectivity index (χ3v) is 7.43. The number of aliphatic hydroxyl groups is 1. The van der Waals surface area contributed by atoms with Crippen LogP contribution < -0.4 is 4.72 Å². The highest BCUT2D eigenvalue weighted by Crippen LogP contribution is 2.44. The highest BCUT2D eigenvalue weighted by molar-refractivity contribution is 7.92. The first-order valence-electron chi connectivity index (χ1n) is 11.6. The predicted octanol–water partition coefficient (Wildman–Crippen LogP) is 5.11. The number of carbonyl (C=O) groups is 1. The van der Waals surface area contributed by atoms with E-state index in [9.17, 15) is 31.5 Å². The van der Waals surface area contributed by atoms with Gasteiger partial charge in [0.1, 0.15) is 0 Å². The summed E-state index contributed by atoms with van der Waals surface area (Å²) in [6.45, 7) is 2.86. The molecule has 0 saturated heterocycles. The number of nitrogens with zero attached hydrogens (tertiary/aromatic N) is 1.